The summed E-state index contributed by atoms with van der Waals surface area (Å²) in [7, 11) is 0. The molecule has 1 heterocycles. The highest BCUT2D eigenvalue weighted by Gasteiger charge is 2.18. The fourth-order valence-corrected chi connectivity index (χ4v) is 2.62. The molecule has 0 aliphatic carbocycles. The zero-order valence-electron chi connectivity index (χ0n) is 10.4. The maximum absolute atomic E-state index is 13.5. The Bertz CT molecular complexity index is 510. The van der Waals surface area contributed by atoms with Crippen LogP contribution >= 0.6 is 11.3 Å². The highest BCUT2D eigenvalue weighted by Crippen LogP contribution is 2.22. The van der Waals surface area contributed by atoms with Gasteiger partial charge in [-0.3, -0.25) is 0 Å². The average molecular weight is 283 g/mol. The van der Waals surface area contributed by atoms with Gasteiger partial charge in [-0.1, -0.05) is 12.1 Å². The van der Waals surface area contributed by atoms with Crippen molar-refractivity contribution in [3.05, 3.63) is 57.8 Å². The van der Waals surface area contributed by atoms with Gasteiger partial charge in [0.05, 0.1) is 11.7 Å². The molecule has 2 N–H and O–H groups in total. The zero-order valence-corrected chi connectivity index (χ0v) is 11.3. The predicted octanol–water partition coefficient (Wildman–Crippen LogP) is 3.41. The van der Waals surface area contributed by atoms with Crippen molar-refractivity contribution in [2.24, 2.45) is 0 Å². The molecule has 5 heteroatoms. The van der Waals surface area contributed by atoms with Crippen molar-refractivity contribution in [2.75, 3.05) is 6.54 Å². The third-order valence-electron chi connectivity index (χ3n) is 2.92. The molecule has 1 aromatic carbocycles. The van der Waals surface area contributed by atoms with Crippen LogP contribution in [0, 0.1) is 11.6 Å². The lowest BCUT2D eigenvalue weighted by Gasteiger charge is -2.17. The van der Waals surface area contributed by atoms with Gasteiger partial charge in [0.15, 0.2) is 0 Å². The van der Waals surface area contributed by atoms with Crippen molar-refractivity contribution in [1.29, 1.82) is 0 Å². The molecule has 0 saturated heterocycles. The average Bonchev–Trinajstić information content (AvgIpc) is 2.89. The van der Waals surface area contributed by atoms with Crippen molar-refractivity contribution >= 4 is 11.3 Å². The first kappa shape index (κ1) is 14.1. The first-order chi connectivity index (χ1) is 9.09. The van der Waals surface area contributed by atoms with Crippen LogP contribution in [-0.2, 0) is 0 Å². The molecule has 1 unspecified atom stereocenters. The van der Waals surface area contributed by atoms with E-state index in [0.29, 0.717) is 0 Å². The van der Waals surface area contributed by atoms with Crippen LogP contribution in [0.4, 0.5) is 8.78 Å². The van der Waals surface area contributed by atoms with E-state index in [0.717, 1.165) is 17.0 Å². The zero-order chi connectivity index (χ0) is 13.8. The van der Waals surface area contributed by atoms with Gasteiger partial charge < -0.3 is 10.4 Å². The van der Waals surface area contributed by atoms with Crippen LogP contribution < -0.4 is 5.32 Å². The largest absolute Gasteiger partial charge is 0.387 e. The Balaban J connectivity index is 2.00. The summed E-state index contributed by atoms with van der Waals surface area (Å²) in [5.41, 5.74) is -0.284. The highest BCUT2D eigenvalue weighted by molar-refractivity contribution is 7.10. The quantitative estimate of drug-likeness (QED) is 0.881. The molecule has 2 nitrogen and oxygen atoms in total. The number of thiophene rings is 1. The van der Waals surface area contributed by atoms with Gasteiger partial charge in [0, 0.05) is 17.5 Å². The van der Waals surface area contributed by atoms with Gasteiger partial charge in [-0.05, 0) is 30.5 Å². The maximum atomic E-state index is 13.5. The van der Waals surface area contributed by atoms with Crippen molar-refractivity contribution in [3.63, 3.8) is 0 Å². The van der Waals surface area contributed by atoms with E-state index in [9.17, 15) is 13.9 Å². The molecule has 0 amide bonds. The molecule has 0 saturated carbocycles. The van der Waals surface area contributed by atoms with Gasteiger partial charge in [0.1, 0.15) is 11.6 Å². The van der Waals surface area contributed by atoms with Gasteiger partial charge >= 0.3 is 0 Å². The van der Waals surface area contributed by atoms with Crippen molar-refractivity contribution < 1.29 is 13.9 Å². The number of aliphatic hydroxyl groups excluding tert-OH is 1. The summed E-state index contributed by atoms with van der Waals surface area (Å²) in [4.78, 5) is 1.11. The first-order valence-corrected chi connectivity index (χ1v) is 6.86. The Hall–Kier alpha value is -1.30. The van der Waals surface area contributed by atoms with E-state index < -0.39 is 17.7 Å². The summed E-state index contributed by atoms with van der Waals surface area (Å²) < 4.78 is 26.9. The molecule has 2 atom stereocenters. The lowest BCUT2D eigenvalue weighted by molar-refractivity contribution is 0.161. The summed E-state index contributed by atoms with van der Waals surface area (Å²) in [6.45, 7) is 2.03. The second-order valence-electron chi connectivity index (χ2n) is 4.30. The Labute approximate surface area is 114 Å². The second-order valence-corrected chi connectivity index (χ2v) is 5.28. The summed E-state index contributed by atoms with van der Waals surface area (Å²) >= 11 is 1.59. The number of aliphatic hydroxyl groups is 1. The van der Waals surface area contributed by atoms with Gasteiger partial charge in [-0.15, -0.1) is 11.3 Å². The van der Waals surface area contributed by atoms with E-state index in [1.165, 1.54) is 6.07 Å². The normalized spacial score (nSPS) is 14.3. The Morgan fingerprint density at radius 1 is 1.21 bits per heavy atom. The number of hydrogen-bond acceptors (Lipinski definition) is 3. The number of rotatable bonds is 5. The van der Waals surface area contributed by atoms with E-state index in [1.807, 2.05) is 24.4 Å². The van der Waals surface area contributed by atoms with Crippen LogP contribution in [0.15, 0.2) is 35.7 Å². The molecule has 19 heavy (non-hydrogen) atoms. The number of nitrogens with one attached hydrogen (secondary N) is 1. The van der Waals surface area contributed by atoms with Gasteiger partial charge in [-0.2, -0.15) is 0 Å². The Kier molecular flexibility index (Phi) is 4.63. The monoisotopic (exact) mass is 283 g/mol. The van der Waals surface area contributed by atoms with Crippen LogP contribution in [0.2, 0.25) is 0 Å². The molecule has 2 rings (SSSR count). The van der Waals surface area contributed by atoms with Crippen molar-refractivity contribution in [1.82, 2.24) is 5.32 Å². The minimum atomic E-state index is -1.20. The maximum Gasteiger partial charge on any atom is 0.131 e. The van der Waals surface area contributed by atoms with Crippen LogP contribution in [0.3, 0.4) is 0 Å². The topological polar surface area (TPSA) is 32.3 Å². The summed E-state index contributed by atoms with van der Waals surface area (Å²) in [5, 5.41) is 14.9. The lowest BCUT2D eigenvalue weighted by Crippen LogP contribution is -2.25. The summed E-state index contributed by atoms with van der Waals surface area (Å²) in [5.74, 6) is -1.45. The summed E-state index contributed by atoms with van der Waals surface area (Å²) in [6.07, 6.45) is -1.20. The fourth-order valence-electron chi connectivity index (χ4n) is 1.86. The molecule has 0 spiro atoms. The Morgan fingerprint density at radius 2 is 1.89 bits per heavy atom. The van der Waals surface area contributed by atoms with Crippen LogP contribution in [0.25, 0.3) is 0 Å². The SMILES string of the molecule is C[C@@H](NCC(O)c1c(F)cccc1F)c1cccs1. The Morgan fingerprint density at radius 3 is 2.47 bits per heavy atom. The third kappa shape index (κ3) is 3.37. The summed E-state index contributed by atoms with van der Waals surface area (Å²) in [6, 6.07) is 7.50. The minimum Gasteiger partial charge on any atom is -0.387 e. The lowest BCUT2D eigenvalue weighted by atomic mass is 10.1. The van der Waals surface area contributed by atoms with E-state index >= 15 is 0 Å². The molecule has 0 aliphatic rings. The van der Waals surface area contributed by atoms with Gasteiger partial charge in [-0.25, -0.2) is 8.78 Å². The predicted molar refractivity (Wildman–Crippen MR) is 72.1 cm³/mol. The van der Waals surface area contributed by atoms with E-state index in [4.69, 9.17) is 0 Å². The van der Waals surface area contributed by atoms with Gasteiger partial charge in [0.25, 0.3) is 0 Å². The molecule has 1 aromatic heterocycles. The van der Waals surface area contributed by atoms with Gasteiger partial charge in [0.2, 0.25) is 0 Å². The fraction of sp³-hybridized carbons (Fsp3) is 0.286. The first-order valence-electron chi connectivity index (χ1n) is 5.98. The molecule has 0 radical (unpaired) electrons. The van der Waals surface area contributed by atoms with E-state index in [1.54, 1.807) is 11.3 Å². The molecule has 102 valence electrons. The van der Waals surface area contributed by atoms with Crippen molar-refractivity contribution in [2.45, 2.75) is 19.1 Å². The molecular weight excluding hydrogens is 268 g/mol. The van der Waals surface area contributed by atoms with Crippen molar-refractivity contribution in [3.8, 4) is 0 Å². The molecule has 2 aromatic rings. The van der Waals surface area contributed by atoms with E-state index in [-0.39, 0.29) is 18.2 Å². The van der Waals surface area contributed by atoms with E-state index in [2.05, 4.69) is 5.32 Å². The molecule has 0 fully saturated rings. The standard InChI is InChI=1S/C14H15F2NOS/c1-9(13-6-3-7-19-13)17-8-12(18)14-10(15)4-2-5-11(14)16/h2-7,9,12,17-18H,8H2,1H3/t9-,12?/m1/s1. The molecule has 0 bridgehead atoms. The van der Waals surface area contributed by atoms with Crippen LogP contribution in [-0.4, -0.2) is 11.7 Å². The molecular formula is C14H15F2NOS. The van der Waals surface area contributed by atoms with Crippen LogP contribution in [0.5, 0.6) is 0 Å². The number of hydrogen-bond donors (Lipinski definition) is 2. The highest BCUT2D eigenvalue weighted by atomic mass is 32.1. The molecule has 0 aliphatic heterocycles. The number of halogens is 2. The smallest absolute Gasteiger partial charge is 0.131 e. The minimum absolute atomic E-state index is 0.0319. The second kappa shape index (κ2) is 6.23. The van der Waals surface area contributed by atoms with Crippen LogP contribution in [0.1, 0.15) is 29.5 Å². The third-order valence-corrected chi connectivity index (χ3v) is 3.98. The number of benzene rings is 1.